The van der Waals surface area contributed by atoms with E-state index in [0.717, 1.165) is 23.0 Å². The van der Waals surface area contributed by atoms with Crippen molar-refractivity contribution in [2.75, 3.05) is 0 Å². The third-order valence-corrected chi connectivity index (χ3v) is 6.55. The number of hydrogen-bond acceptors (Lipinski definition) is 0. The molecule has 1 aliphatic rings. The van der Waals surface area contributed by atoms with Gasteiger partial charge in [-0.2, -0.15) is 0 Å². The van der Waals surface area contributed by atoms with Crippen molar-refractivity contribution in [1.82, 2.24) is 0 Å². The maximum atomic E-state index is 3.27. The Morgan fingerprint density at radius 3 is 1.70 bits per heavy atom. The summed E-state index contributed by atoms with van der Waals surface area (Å²) < 4.78 is 0. The third kappa shape index (κ3) is 5.22. The lowest BCUT2D eigenvalue weighted by Crippen LogP contribution is -2.13. The van der Waals surface area contributed by atoms with Crippen LogP contribution >= 0.6 is 0 Å². The number of aryl methyl sites for hydroxylation is 1. The third-order valence-electron chi connectivity index (χ3n) is 6.55. The van der Waals surface area contributed by atoms with E-state index < -0.39 is 0 Å². The number of hydrogen-bond donors (Lipinski definition) is 0. The number of rotatable bonds is 4. The topological polar surface area (TPSA) is 0 Å². The van der Waals surface area contributed by atoms with E-state index in [4.69, 9.17) is 0 Å². The van der Waals surface area contributed by atoms with Gasteiger partial charge in [0.25, 0.3) is 0 Å². The highest BCUT2D eigenvalue weighted by Gasteiger charge is 2.21. The summed E-state index contributed by atoms with van der Waals surface area (Å²) in [6.07, 6.45) is 8.28. The van der Waals surface area contributed by atoms with Crippen LogP contribution < -0.4 is 0 Å². The molecule has 152 valence electrons. The van der Waals surface area contributed by atoms with Gasteiger partial charge in [-0.05, 0) is 85.4 Å². The summed E-state index contributed by atoms with van der Waals surface area (Å²) in [5, 5.41) is 0. The summed E-state index contributed by atoms with van der Waals surface area (Å²) in [6.45, 7) is 4.41. The van der Waals surface area contributed by atoms with E-state index in [9.17, 15) is 0 Å². The first-order valence-corrected chi connectivity index (χ1v) is 11.5. The van der Waals surface area contributed by atoms with Crippen LogP contribution in [-0.2, 0) is 0 Å². The molecule has 4 rings (SSSR count). The summed E-state index contributed by atoms with van der Waals surface area (Å²) in [6, 6.07) is 26.3. The number of benzene rings is 3. The first-order valence-electron chi connectivity index (χ1n) is 11.5. The van der Waals surface area contributed by atoms with Crippen LogP contribution in [0.25, 0.3) is 11.1 Å². The molecule has 0 spiro atoms. The second-order valence-corrected chi connectivity index (χ2v) is 8.82. The molecule has 0 N–H and O–H groups in total. The van der Waals surface area contributed by atoms with E-state index in [1.165, 1.54) is 60.8 Å². The molecule has 1 saturated carbocycles. The minimum absolute atomic E-state index is 0.756. The fourth-order valence-electron chi connectivity index (χ4n) is 4.67. The van der Waals surface area contributed by atoms with Gasteiger partial charge in [-0.1, -0.05) is 85.7 Å². The van der Waals surface area contributed by atoms with Crippen molar-refractivity contribution in [3.8, 4) is 23.0 Å². The molecule has 0 unspecified atom stereocenters. The molecule has 0 saturated heterocycles. The molecule has 0 nitrogen and oxygen atoms in total. The fourth-order valence-corrected chi connectivity index (χ4v) is 4.67. The highest BCUT2D eigenvalue weighted by atomic mass is 14.3. The van der Waals surface area contributed by atoms with Gasteiger partial charge in [0.1, 0.15) is 0 Å². The van der Waals surface area contributed by atoms with E-state index in [1.54, 1.807) is 0 Å². The molecule has 0 atom stereocenters. The van der Waals surface area contributed by atoms with E-state index in [2.05, 4.69) is 98.5 Å². The molecular formula is C30H32. The van der Waals surface area contributed by atoms with Crippen molar-refractivity contribution < 1.29 is 0 Å². The summed E-state index contributed by atoms with van der Waals surface area (Å²) in [7, 11) is 0. The van der Waals surface area contributed by atoms with E-state index in [1.807, 2.05) is 0 Å². The molecule has 0 amide bonds. The second-order valence-electron chi connectivity index (χ2n) is 8.82. The van der Waals surface area contributed by atoms with Crippen LogP contribution in [-0.4, -0.2) is 0 Å². The molecule has 30 heavy (non-hydrogen) atoms. The Morgan fingerprint density at radius 1 is 0.667 bits per heavy atom. The van der Waals surface area contributed by atoms with Crippen LogP contribution in [0.4, 0.5) is 0 Å². The quantitative estimate of drug-likeness (QED) is 0.393. The Kier molecular flexibility index (Phi) is 6.70. The largest absolute Gasteiger partial charge is 0.0654 e. The molecule has 1 fully saturated rings. The van der Waals surface area contributed by atoms with Crippen molar-refractivity contribution in [2.24, 2.45) is 5.92 Å². The zero-order valence-electron chi connectivity index (χ0n) is 18.3. The van der Waals surface area contributed by atoms with Gasteiger partial charge in [0.2, 0.25) is 0 Å². The predicted octanol–water partition coefficient (Wildman–Crippen LogP) is 8.14. The van der Waals surface area contributed by atoms with Gasteiger partial charge in [0, 0.05) is 11.1 Å². The Labute approximate surface area is 182 Å². The Balaban J connectivity index is 1.39. The van der Waals surface area contributed by atoms with Gasteiger partial charge in [-0.25, -0.2) is 0 Å². The first-order chi connectivity index (χ1) is 14.7. The van der Waals surface area contributed by atoms with Crippen molar-refractivity contribution in [1.29, 1.82) is 0 Å². The van der Waals surface area contributed by atoms with Gasteiger partial charge in [0.15, 0.2) is 0 Å². The normalized spacial score (nSPS) is 18.5. The van der Waals surface area contributed by atoms with Crippen molar-refractivity contribution in [3.05, 3.63) is 95.1 Å². The van der Waals surface area contributed by atoms with Crippen molar-refractivity contribution in [3.63, 3.8) is 0 Å². The highest BCUT2D eigenvalue weighted by molar-refractivity contribution is 5.65. The molecular weight excluding hydrogens is 360 g/mol. The molecule has 0 heteroatoms. The summed E-state index contributed by atoms with van der Waals surface area (Å²) in [5.41, 5.74) is 7.45. The fraction of sp³-hybridized carbons (Fsp3) is 0.333. The molecule has 3 aromatic carbocycles. The van der Waals surface area contributed by atoms with Gasteiger partial charge in [-0.15, -0.1) is 0 Å². The van der Waals surface area contributed by atoms with E-state index in [-0.39, 0.29) is 0 Å². The molecule has 0 bridgehead atoms. The van der Waals surface area contributed by atoms with Crippen LogP contribution in [0.1, 0.15) is 73.6 Å². The first kappa shape index (κ1) is 20.5. The van der Waals surface area contributed by atoms with Crippen LogP contribution in [0.5, 0.6) is 0 Å². The average Bonchev–Trinajstić information content (AvgIpc) is 2.80. The minimum Gasteiger partial charge on any atom is -0.0654 e. The summed E-state index contributed by atoms with van der Waals surface area (Å²) in [4.78, 5) is 0. The molecule has 1 aliphatic carbocycles. The van der Waals surface area contributed by atoms with Gasteiger partial charge in [-0.3, -0.25) is 0 Å². The standard InChI is InChI=1S/C30H32/c1-3-4-24-11-15-27(16-12-24)29-19-21-30(22-20-29)28-17-13-26(14-18-28)10-9-25-7-5-23(2)6-8-25/h5-8,13-14,17-22,24,27H,3-4,11-12,15-16H2,1-2H3. The Morgan fingerprint density at radius 2 is 1.17 bits per heavy atom. The summed E-state index contributed by atoms with van der Waals surface area (Å²) in [5.74, 6) is 8.25. The van der Waals surface area contributed by atoms with Crippen LogP contribution in [0.2, 0.25) is 0 Å². The SMILES string of the molecule is CCCC1CCC(c2ccc(-c3ccc(C#Cc4ccc(C)cc4)cc3)cc2)CC1. The Bertz CT molecular complexity index is 987. The second kappa shape index (κ2) is 9.82. The zero-order valence-corrected chi connectivity index (χ0v) is 18.3. The lowest BCUT2D eigenvalue weighted by atomic mass is 9.77. The maximum Gasteiger partial charge on any atom is 0.0249 e. The van der Waals surface area contributed by atoms with Crippen molar-refractivity contribution >= 4 is 0 Å². The average molecular weight is 393 g/mol. The molecule has 0 aromatic heterocycles. The van der Waals surface area contributed by atoms with Gasteiger partial charge in [0.05, 0.1) is 0 Å². The van der Waals surface area contributed by atoms with Gasteiger partial charge < -0.3 is 0 Å². The Hall–Kier alpha value is -2.78. The summed E-state index contributed by atoms with van der Waals surface area (Å²) >= 11 is 0. The molecule has 0 aliphatic heterocycles. The lowest BCUT2D eigenvalue weighted by Gasteiger charge is -2.28. The molecule has 0 heterocycles. The minimum atomic E-state index is 0.756. The predicted molar refractivity (Wildman–Crippen MR) is 129 cm³/mol. The smallest absolute Gasteiger partial charge is 0.0249 e. The highest BCUT2D eigenvalue weighted by Crippen LogP contribution is 2.38. The molecule has 3 aromatic rings. The zero-order chi connectivity index (χ0) is 20.8. The monoisotopic (exact) mass is 392 g/mol. The van der Waals surface area contributed by atoms with E-state index >= 15 is 0 Å². The van der Waals surface area contributed by atoms with Crippen LogP contribution in [0.15, 0.2) is 72.8 Å². The van der Waals surface area contributed by atoms with Gasteiger partial charge >= 0.3 is 0 Å². The lowest BCUT2D eigenvalue weighted by molar-refractivity contribution is 0.308. The molecule has 0 radical (unpaired) electrons. The van der Waals surface area contributed by atoms with E-state index in [0.29, 0.717) is 0 Å². The van der Waals surface area contributed by atoms with Crippen LogP contribution in [0.3, 0.4) is 0 Å². The maximum absolute atomic E-state index is 3.27. The van der Waals surface area contributed by atoms with Crippen molar-refractivity contribution in [2.45, 2.75) is 58.3 Å². The van der Waals surface area contributed by atoms with Crippen LogP contribution in [0, 0.1) is 24.7 Å².